The van der Waals surface area contributed by atoms with E-state index in [1.165, 1.54) is 5.56 Å². The van der Waals surface area contributed by atoms with Crippen LogP contribution in [0.25, 0.3) is 0 Å². The summed E-state index contributed by atoms with van der Waals surface area (Å²) in [6.45, 7) is 0. The van der Waals surface area contributed by atoms with E-state index in [1.807, 2.05) is 36.0 Å². The molecule has 1 aromatic heterocycles. The number of rotatable bonds is 1. The molecule has 2 unspecified atom stereocenters. The zero-order valence-electron chi connectivity index (χ0n) is 10.2. The molecule has 0 fully saturated rings. The minimum atomic E-state index is -0.414. The zero-order chi connectivity index (χ0) is 12.7. The van der Waals surface area contributed by atoms with E-state index in [0.717, 1.165) is 29.1 Å². The second-order valence-electron chi connectivity index (χ2n) is 4.87. The lowest BCUT2D eigenvalue weighted by Gasteiger charge is -2.27. The average Bonchev–Trinajstić information content (AvgIpc) is 2.73. The maximum absolute atomic E-state index is 10.2. The first-order valence-corrected chi connectivity index (χ1v) is 6.47. The molecule has 0 amide bonds. The van der Waals surface area contributed by atoms with E-state index in [1.54, 1.807) is 6.20 Å². The first kappa shape index (κ1) is 11.8. The van der Waals surface area contributed by atoms with Crippen LogP contribution < -0.4 is 0 Å². The lowest BCUT2D eigenvalue weighted by molar-refractivity contribution is 0.147. The molecule has 0 saturated carbocycles. The minimum absolute atomic E-state index is 0.333. The van der Waals surface area contributed by atoms with Gasteiger partial charge in [-0.05, 0) is 36.5 Å². The van der Waals surface area contributed by atoms with Gasteiger partial charge in [0.25, 0.3) is 0 Å². The van der Waals surface area contributed by atoms with Crippen LogP contribution in [0.3, 0.4) is 0 Å². The van der Waals surface area contributed by atoms with E-state index in [-0.39, 0.29) is 0 Å². The number of benzene rings is 1. The maximum Gasteiger partial charge on any atom is 0.0829 e. The first-order chi connectivity index (χ1) is 8.65. The standard InChI is InChI=1S/C14H15ClN2O/c1-17-13-6-10(7-14(18)12(13)8-16-17)9-2-4-11(15)5-3-9/h2-5,8,10,14,18H,6-7H2,1H3. The quantitative estimate of drug-likeness (QED) is 0.858. The number of aliphatic hydroxyl groups excluding tert-OH is 1. The molecule has 94 valence electrons. The number of hydrogen-bond acceptors (Lipinski definition) is 2. The Bertz CT molecular complexity index is 562. The molecule has 0 aliphatic heterocycles. The molecule has 3 nitrogen and oxygen atoms in total. The fraction of sp³-hybridized carbons (Fsp3) is 0.357. The van der Waals surface area contributed by atoms with Crippen LogP contribution in [0.2, 0.25) is 5.02 Å². The van der Waals surface area contributed by atoms with E-state index in [2.05, 4.69) is 5.10 Å². The van der Waals surface area contributed by atoms with Crippen LogP contribution in [-0.2, 0) is 13.5 Å². The van der Waals surface area contributed by atoms with Gasteiger partial charge in [-0.15, -0.1) is 0 Å². The van der Waals surface area contributed by atoms with Crippen molar-refractivity contribution in [2.75, 3.05) is 0 Å². The van der Waals surface area contributed by atoms with Gasteiger partial charge >= 0.3 is 0 Å². The highest BCUT2D eigenvalue weighted by Gasteiger charge is 2.29. The van der Waals surface area contributed by atoms with Crippen LogP contribution >= 0.6 is 11.6 Å². The molecular formula is C14H15ClN2O. The molecule has 0 saturated heterocycles. The predicted octanol–water partition coefficient (Wildman–Crippen LogP) is 2.84. The molecule has 0 radical (unpaired) electrons. The van der Waals surface area contributed by atoms with Crippen molar-refractivity contribution in [1.82, 2.24) is 9.78 Å². The second-order valence-corrected chi connectivity index (χ2v) is 5.31. The van der Waals surface area contributed by atoms with Crippen molar-refractivity contribution in [3.05, 3.63) is 52.3 Å². The monoisotopic (exact) mass is 262 g/mol. The zero-order valence-corrected chi connectivity index (χ0v) is 10.9. The lowest BCUT2D eigenvalue weighted by atomic mass is 9.81. The molecule has 1 aliphatic rings. The van der Waals surface area contributed by atoms with Crippen molar-refractivity contribution in [3.8, 4) is 0 Å². The summed E-state index contributed by atoms with van der Waals surface area (Å²) in [5.41, 5.74) is 3.33. The lowest BCUT2D eigenvalue weighted by Crippen LogP contribution is -2.18. The number of aryl methyl sites for hydroxylation is 1. The predicted molar refractivity (Wildman–Crippen MR) is 70.7 cm³/mol. The number of nitrogens with zero attached hydrogens (tertiary/aromatic N) is 2. The summed E-state index contributed by atoms with van der Waals surface area (Å²) in [4.78, 5) is 0. The van der Waals surface area contributed by atoms with Crippen LogP contribution in [0.1, 0.15) is 35.3 Å². The van der Waals surface area contributed by atoms with Gasteiger partial charge in [-0.1, -0.05) is 23.7 Å². The van der Waals surface area contributed by atoms with E-state index in [0.29, 0.717) is 5.92 Å². The van der Waals surface area contributed by atoms with E-state index >= 15 is 0 Å². The molecule has 1 aromatic carbocycles. The molecule has 1 heterocycles. The van der Waals surface area contributed by atoms with E-state index in [4.69, 9.17) is 11.6 Å². The number of aromatic nitrogens is 2. The van der Waals surface area contributed by atoms with Gasteiger partial charge in [0.15, 0.2) is 0 Å². The van der Waals surface area contributed by atoms with Gasteiger partial charge in [0, 0.05) is 23.3 Å². The summed E-state index contributed by atoms with van der Waals surface area (Å²) in [6, 6.07) is 7.90. The first-order valence-electron chi connectivity index (χ1n) is 6.09. The Hall–Kier alpha value is -1.32. The van der Waals surface area contributed by atoms with Crippen molar-refractivity contribution in [3.63, 3.8) is 0 Å². The van der Waals surface area contributed by atoms with Gasteiger partial charge in [0.05, 0.1) is 12.3 Å². The number of hydrogen-bond donors (Lipinski definition) is 1. The van der Waals surface area contributed by atoms with Crippen LogP contribution in [0.15, 0.2) is 30.5 Å². The minimum Gasteiger partial charge on any atom is -0.388 e. The number of aliphatic hydroxyl groups is 1. The molecular weight excluding hydrogens is 248 g/mol. The van der Waals surface area contributed by atoms with Crippen LogP contribution in [0, 0.1) is 0 Å². The third-order valence-corrected chi connectivity index (χ3v) is 3.99. The highest BCUT2D eigenvalue weighted by molar-refractivity contribution is 6.30. The molecule has 2 aromatic rings. The smallest absolute Gasteiger partial charge is 0.0829 e. The summed E-state index contributed by atoms with van der Waals surface area (Å²) in [7, 11) is 1.93. The molecule has 2 atom stereocenters. The maximum atomic E-state index is 10.2. The Morgan fingerprint density at radius 3 is 2.78 bits per heavy atom. The average molecular weight is 263 g/mol. The van der Waals surface area contributed by atoms with Gasteiger partial charge in [-0.3, -0.25) is 4.68 Å². The highest BCUT2D eigenvalue weighted by Crippen LogP contribution is 2.38. The van der Waals surface area contributed by atoms with Crippen molar-refractivity contribution in [2.45, 2.75) is 24.9 Å². The van der Waals surface area contributed by atoms with Crippen LogP contribution in [-0.4, -0.2) is 14.9 Å². The summed E-state index contributed by atoms with van der Waals surface area (Å²) in [5, 5.41) is 15.2. The Kier molecular flexibility index (Phi) is 2.88. The molecule has 4 heteroatoms. The Morgan fingerprint density at radius 1 is 1.33 bits per heavy atom. The Labute approximate surface area is 111 Å². The molecule has 0 bridgehead atoms. The normalized spacial score (nSPS) is 22.8. The van der Waals surface area contributed by atoms with Gasteiger partial charge in [-0.25, -0.2) is 0 Å². The van der Waals surface area contributed by atoms with Crippen molar-refractivity contribution in [2.24, 2.45) is 7.05 Å². The molecule has 18 heavy (non-hydrogen) atoms. The van der Waals surface area contributed by atoms with Crippen LogP contribution in [0.5, 0.6) is 0 Å². The van der Waals surface area contributed by atoms with E-state index < -0.39 is 6.10 Å². The number of fused-ring (bicyclic) bond motifs is 1. The van der Waals surface area contributed by atoms with Gasteiger partial charge in [0.2, 0.25) is 0 Å². The summed E-state index contributed by atoms with van der Waals surface area (Å²) in [6.07, 6.45) is 3.03. The SMILES string of the molecule is Cn1ncc2c1CC(c1ccc(Cl)cc1)CC2O. The van der Waals surface area contributed by atoms with Gasteiger partial charge in [-0.2, -0.15) is 5.10 Å². The Balaban J connectivity index is 1.93. The topological polar surface area (TPSA) is 38.0 Å². The molecule has 0 spiro atoms. The fourth-order valence-electron chi connectivity index (χ4n) is 2.71. The molecule has 3 rings (SSSR count). The summed E-state index contributed by atoms with van der Waals surface area (Å²) in [5.74, 6) is 0.333. The number of halogens is 1. The molecule has 1 aliphatic carbocycles. The molecule has 1 N–H and O–H groups in total. The largest absolute Gasteiger partial charge is 0.388 e. The fourth-order valence-corrected chi connectivity index (χ4v) is 2.84. The Morgan fingerprint density at radius 2 is 2.06 bits per heavy atom. The van der Waals surface area contributed by atoms with Crippen molar-refractivity contribution < 1.29 is 5.11 Å². The van der Waals surface area contributed by atoms with Crippen molar-refractivity contribution in [1.29, 1.82) is 0 Å². The summed E-state index contributed by atoms with van der Waals surface area (Å²) >= 11 is 5.90. The second kappa shape index (κ2) is 4.41. The van der Waals surface area contributed by atoms with Gasteiger partial charge < -0.3 is 5.11 Å². The van der Waals surface area contributed by atoms with E-state index in [9.17, 15) is 5.11 Å². The van der Waals surface area contributed by atoms with Gasteiger partial charge in [0.1, 0.15) is 0 Å². The van der Waals surface area contributed by atoms with Crippen LogP contribution in [0.4, 0.5) is 0 Å². The third-order valence-electron chi connectivity index (χ3n) is 3.74. The third kappa shape index (κ3) is 1.93. The summed E-state index contributed by atoms with van der Waals surface area (Å²) < 4.78 is 1.86. The highest BCUT2D eigenvalue weighted by atomic mass is 35.5. The van der Waals surface area contributed by atoms with Crippen molar-refractivity contribution >= 4 is 11.6 Å².